The molecule has 2 rings (SSSR count). The fraction of sp³-hybridized carbons (Fsp3) is 0.333. The summed E-state index contributed by atoms with van der Waals surface area (Å²) in [4.78, 5) is 0. The minimum absolute atomic E-state index is 0.234. The second-order valence-corrected chi connectivity index (χ2v) is 5.20. The van der Waals surface area contributed by atoms with E-state index in [1.165, 1.54) is 17.1 Å². The Morgan fingerprint density at radius 2 is 2.24 bits per heavy atom. The molecule has 0 saturated heterocycles. The lowest BCUT2D eigenvalue weighted by Crippen LogP contribution is -2.23. The van der Waals surface area contributed by atoms with Crippen LogP contribution in [0.25, 0.3) is 0 Å². The zero-order valence-corrected chi connectivity index (χ0v) is 12.0. The van der Waals surface area contributed by atoms with Gasteiger partial charge in [-0.25, -0.2) is 0 Å². The van der Waals surface area contributed by atoms with Gasteiger partial charge in [0.25, 0.3) is 0 Å². The van der Waals surface area contributed by atoms with Crippen LogP contribution in [0.3, 0.4) is 0 Å². The van der Waals surface area contributed by atoms with Gasteiger partial charge in [-0.05, 0) is 36.1 Å². The molecule has 1 aromatic carbocycles. The van der Waals surface area contributed by atoms with Crippen molar-refractivity contribution in [1.82, 2.24) is 14.9 Å². The van der Waals surface area contributed by atoms with Gasteiger partial charge in [-0.1, -0.05) is 45.5 Å². The van der Waals surface area contributed by atoms with Gasteiger partial charge < -0.3 is 5.32 Å². The molecule has 0 aliphatic carbocycles. The van der Waals surface area contributed by atoms with Crippen LogP contribution in [0.15, 0.2) is 34.1 Å². The number of halogens is 1. The summed E-state index contributed by atoms with van der Waals surface area (Å²) in [5.74, 6) is 0. The molecule has 1 unspecified atom stereocenters. The van der Waals surface area contributed by atoms with E-state index in [-0.39, 0.29) is 6.04 Å². The molecular weight excluding hydrogens is 298 g/mol. The normalized spacial score (nSPS) is 12.6. The first-order valence-corrected chi connectivity index (χ1v) is 7.18. The number of nitrogens with zero attached hydrogens (tertiary/aromatic N) is 2. The quantitative estimate of drug-likeness (QED) is 0.921. The molecule has 0 radical (unpaired) electrons. The smallest absolute Gasteiger partial charge is 0.0928 e. The number of hydrogen-bond acceptors (Lipinski definition) is 4. The van der Waals surface area contributed by atoms with Crippen molar-refractivity contribution in [3.05, 3.63) is 45.4 Å². The minimum Gasteiger partial charge on any atom is -0.309 e. The summed E-state index contributed by atoms with van der Waals surface area (Å²) in [6.45, 7) is 3.03. The number of rotatable bonds is 5. The lowest BCUT2D eigenvalue weighted by Gasteiger charge is -2.16. The summed E-state index contributed by atoms with van der Waals surface area (Å²) in [7, 11) is 0. The molecule has 0 aliphatic heterocycles. The van der Waals surface area contributed by atoms with E-state index in [1.807, 2.05) is 11.4 Å². The van der Waals surface area contributed by atoms with Crippen LogP contribution in [-0.4, -0.2) is 16.1 Å². The van der Waals surface area contributed by atoms with Crippen molar-refractivity contribution in [1.29, 1.82) is 0 Å². The first-order valence-electron chi connectivity index (χ1n) is 5.55. The van der Waals surface area contributed by atoms with E-state index in [0.717, 1.165) is 23.1 Å². The molecule has 0 aliphatic rings. The van der Waals surface area contributed by atoms with Crippen molar-refractivity contribution in [2.75, 3.05) is 6.54 Å². The van der Waals surface area contributed by atoms with Crippen LogP contribution in [0.2, 0.25) is 0 Å². The van der Waals surface area contributed by atoms with Crippen LogP contribution < -0.4 is 5.32 Å². The maximum absolute atomic E-state index is 4.15. The molecule has 5 heteroatoms. The maximum Gasteiger partial charge on any atom is 0.0928 e. The highest BCUT2D eigenvalue weighted by molar-refractivity contribution is 9.10. The molecule has 0 bridgehead atoms. The zero-order chi connectivity index (χ0) is 12.1. The Labute approximate surface area is 114 Å². The maximum atomic E-state index is 4.15. The van der Waals surface area contributed by atoms with Gasteiger partial charge in [-0.15, -0.1) is 5.10 Å². The molecule has 0 spiro atoms. The van der Waals surface area contributed by atoms with Gasteiger partial charge in [-0.3, -0.25) is 0 Å². The molecule has 2 aromatic rings. The molecule has 0 fully saturated rings. The van der Waals surface area contributed by atoms with Gasteiger partial charge in [0, 0.05) is 9.85 Å². The van der Waals surface area contributed by atoms with Crippen molar-refractivity contribution in [2.24, 2.45) is 0 Å². The van der Waals surface area contributed by atoms with Crippen LogP contribution in [0.5, 0.6) is 0 Å². The largest absolute Gasteiger partial charge is 0.309 e. The number of aromatic nitrogens is 2. The van der Waals surface area contributed by atoms with E-state index >= 15 is 0 Å². The van der Waals surface area contributed by atoms with E-state index < -0.39 is 0 Å². The Bertz CT molecular complexity index is 459. The number of nitrogens with one attached hydrogen (secondary N) is 1. The third kappa shape index (κ3) is 3.34. The van der Waals surface area contributed by atoms with Gasteiger partial charge >= 0.3 is 0 Å². The Balaban J connectivity index is 2.16. The molecule has 1 heterocycles. The van der Waals surface area contributed by atoms with Gasteiger partial charge in [-0.2, -0.15) is 0 Å². The predicted octanol–water partition coefficient (Wildman–Crippen LogP) is 3.19. The van der Waals surface area contributed by atoms with Crippen LogP contribution >= 0.6 is 27.5 Å². The second-order valence-electron chi connectivity index (χ2n) is 3.74. The van der Waals surface area contributed by atoms with Gasteiger partial charge in [0.1, 0.15) is 0 Å². The van der Waals surface area contributed by atoms with E-state index in [2.05, 4.69) is 56.0 Å². The Morgan fingerprint density at radius 3 is 2.88 bits per heavy atom. The van der Waals surface area contributed by atoms with Crippen LogP contribution in [-0.2, 0) is 6.42 Å². The number of benzene rings is 1. The number of hydrogen-bond donors (Lipinski definition) is 1. The number of likely N-dealkylation sites (N-methyl/N-ethyl adjacent to an activating group) is 1. The standard InChI is InChI=1S/C12H14BrN3S/c1-2-14-11(12-8-17-16-15-12)7-9-5-3-4-6-10(9)13/h3-6,8,11,14H,2,7H2,1H3. The molecule has 17 heavy (non-hydrogen) atoms. The Kier molecular flexibility index (Phi) is 4.65. The van der Waals surface area contributed by atoms with Crippen molar-refractivity contribution in [2.45, 2.75) is 19.4 Å². The SMILES string of the molecule is CCNC(Cc1ccccc1Br)c1csnn1. The molecule has 90 valence electrons. The van der Waals surface area contributed by atoms with Gasteiger partial charge in [0.05, 0.1) is 11.7 Å². The van der Waals surface area contributed by atoms with E-state index in [9.17, 15) is 0 Å². The average molecular weight is 312 g/mol. The average Bonchev–Trinajstić information content (AvgIpc) is 2.85. The molecule has 3 nitrogen and oxygen atoms in total. The first kappa shape index (κ1) is 12.7. The Hall–Kier alpha value is -0.780. The lowest BCUT2D eigenvalue weighted by atomic mass is 10.0. The first-order chi connectivity index (χ1) is 8.31. The highest BCUT2D eigenvalue weighted by Gasteiger charge is 2.14. The molecule has 0 amide bonds. The molecule has 1 N–H and O–H groups in total. The third-order valence-electron chi connectivity index (χ3n) is 2.57. The molecule has 1 atom stereocenters. The Morgan fingerprint density at radius 1 is 1.41 bits per heavy atom. The topological polar surface area (TPSA) is 37.8 Å². The molecule has 1 aromatic heterocycles. The van der Waals surface area contributed by atoms with Crippen LogP contribution in [0, 0.1) is 0 Å². The highest BCUT2D eigenvalue weighted by Crippen LogP contribution is 2.23. The lowest BCUT2D eigenvalue weighted by molar-refractivity contribution is 0.535. The summed E-state index contributed by atoms with van der Waals surface area (Å²) in [6, 6.07) is 8.52. The van der Waals surface area contributed by atoms with Crippen molar-refractivity contribution in [3.8, 4) is 0 Å². The van der Waals surface area contributed by atoms with E-state index in [4.69, 9.17) is 0 Å². The van der Waals surface area contributed by atoms with Crippen molar-refractivity contribution in [3.63, 3.8) is 0 Å². The summed E-state index contributed by atoms with van der Waals surface area (Å²) in [6.07, 6.45) is 0.917. The van der Waals surface area contributed by atoms with Crippen molar-refractivity contribution < 1.29 is 0 Å². The van der Waals surface area contributed by atoms with E-state index in [0.29, 0.717) is 0 Å². The second kappa shape index (κ2) is 6.23. The third-order valence-corrected chi connectivity index (χ3v) is 3.86. The monoisotopic (exact) mass is 311 g/mol. The van der Waals surface area contributed by atoms with E-state index in [1.54, 1.807) is 0 Å². The van der Waals surface area contributed by atoms with Crippen LogP contribution in [0.4, 0.5) is 0 Å². The van der Waals surface area contributed by atoms with Gasteiger partial charge in [0.2, 0.25) is 0 Å². The summed E-state index contributed by atoms with van der Waals surface area (Å²) >= 11 is 4.97. The van der Waals surface area contributed by atoms with Crippen molar-refractivity contribution >= 4 is 27.5 Å². The fourth-order valence-electron chi connectivity index (χ4n) is 1.74. The van der Waals surface area contributed by atoms with Gasteiger partial charge in [0.15, 0.2) is 0 Å². The summed E-state index contributed by atoms with van der Waals surface area (Å²) in [5, 5.41) is 9.60. The zero-order valence-electron chi connectivity index (χ0n) is 9.56. The molecule has 0 saturated carbocycles. The van der Waals surface area contributed by atoms with Crippen LogP contribution in [0.1, 0.15) is 24.2 Å². The summed E-state index contributed by atoms with van der Waals surface area (Å²) in [5.41, 5.74) is 2.30. The predicted molar refractivity (Wildman–Crippen MR) is 74.2 cm³/mol. The minimum atomic E-state index is 0.234. The molecular formula is C12H14BrN3S. The summed E-state index contributed by atoms with van der Waals surface area (Å²) < 4.78 is 5.07. The highest BCUT2D eigenvalue weighted by atomic mass is 79.9. The fourth-order valence-corrected chi connectivity index (χ4v) is 2.69.